The number of aryl methyl sites for hydroxylation is 2. The second kappa shape index (κ2) is 8.33. The minimum absolute atomic E-state index is 0.968. The van der Waals surface area contributed by atoms with Crippen molar-refractivity contribution in [3.8, 4) is 0 Å². The molecule has 0 fully saturated rings. The molecule has 17 heavy (non-hydrogen) atoms. The number of hydrogen-bond acceptors (Lipinski definition) is 0. The summed E-state index contributed by atoms with van der Waals surface area (Å²) in [6, 6.07) is 9.02. The minimum atomic E-state index is 0.968. The van der Waals surface area contributed by atoms with E-state index in [1.165, 1.54) is 56.1 Å². The molecule has 0 unspecified atom stereocenters. The third-order valence-electron chi connectivity index (χ3n) is 3.59. The van der Waals surface area contributed by atoms with Crippen molar-refractivity contribution in [1.82, 2.24) is 0 Å². The lowest BCUT2D eigenvalue weighted by molar-refractivity contribution is 0.400. The molecule has 96 valence electrons. The molecule has 0 aliphatic carbocycles. The van der Waals surface area contributed by atoms with Crippen LogP contribution in [0.5, 0.6) is 0 Å². The summed E-state index contributed by atoms with van der Waals surface area (Å²) in [5.74, 6) is 0.968. The van der Waals surface area contributed by atoms with Gasteiger partial charge in [0.15, 0.2) is 0 Å². The molecule has 0 spiro atoms. The van der Waals surface area contributed by atoms with E-state index < -0.39 is 0 Å². The van der Waals surface area contributed by atoms with Crippen molar-refractivity contribution in [3.05, 3.63) is 35.4 Å². The van der Waals surface area contributed by atoms with Crippen molar-refractivity contribution in [2.75, 3.05) is 0 Å². The molecule has 0 saturated carbocycles. The molecule has 0 atom stereocenters. The maximum absolute atomic E-state index is 2.31. The van der Waals surface area contributed by atoms with Crippen molar-refractivity contribution in [2.45, 2.75) is 65.7 Å². The van der Waals surface area contributed by atoms with E-state index in [4.69, 9.17) is 0 Å². The Morgan fingerprint density at radius 2 is 1.47 bits per heavy atom. The highest BCUT2D eigenvalue weighted by Crippen LogP contribution is 2.20. The van der Waals surface area contributed by atoms with Gasteiger partial charge in [-0.05, 0) is 31.2 Å². The lowest BCUT2D eigenvalue weighted by Gasteiger charge is -2.14. The molecule has 0 aromatic heterocycles. The molecule has 1 aromatic rings. The minimum Gasteiger partial charge on any atom is -0.0654 e. The first-order valence-electron chi connectivity index (χ1n) is 7.31. The van der Waals surface area contributed by atoms with E-state index >= 15 is 0 Å². The van der Waals surface area contributed by atoms with Crippen LogP contribution in [0.25, 0.3) is 0 Å². The molecule has 0 N–H and O–H groups in total. The second-order valence-electron chi connectivity index (χ2n) is 5.32. The Kier molecular flexibility index (Phi) is 7.00. The zero-order valence-electron chi connectivity index (χ0n) is 11.8. The summed E-state index contributed by atoms with van der Waals surface area (Å²) in [4.78, 5) is 0. The fourth-order valence-electron chi connectivity index (χ4n) is 2.60. The van der Waals surface area contributed by atoms with Gasteiger partial charge >= 0.3 is 0 Å². The molecule has 0 nitrogen and oxygen atoms in total. The summed E-state index contributed by atoms with van der Waals surface area (Å²) in [6.45, 7) is 6.77. The normalized spacial score (nSPS) is 11.1. The quantitative estimate of drug-likeness (QED) is 0.552. The zero-order chi connectivity index (χ0) is 12.5. The molecule has 1 rings (SSSR count). The van der Waals surface area contributed by atoms with Crippen LogP contribution in [0.2, 0.25) is 0 Å². The van der Waals surface area contributed by atoms with Gasteiger partial charge in [0.2, 0.25) is 0 Å². The van der Waals surface area contributed by atoms with Crippen LogP contribution in [0, 0.1) is 12.8 Å². The number of benzene rings is 1. The molecule has 0 heteroatoms. The van der Waals surface area contributed by atoms with Gasteiger partial charge in [0, 0.05) is 0 Å². The Labute approximate surface area is 107 Å². The summed E-state index contributed by atoms with van der Waals surface area (Å²) in [7, 11) is 0. The van der Waals surface area contributed by atoms with Crippen LogP contribution >= 0.6 is 0 Å². The van der Waals surface area contributed by atoms with Gasteiger partial charge in [0.25, 0.3) is 0 Å². The summed E-state index contributed by atoms with van der Waals surface area (Å²) in [5.41, 5.74) is 2.87. The van der Waals surface area contributed by atoms with Crippen LogP contribution in [0.1, 0.15) is 63.5 Å². The van der Waals surface area contributed by atoms with Crippen molar-refractivity contribution in [1.29, 1.82) is 0 Å². The molecule has 0 aliphatic heterocycles. The first kappa shape index (κ1) is 14.3. The van der Waals surface area contributed by atoms with E-state index in [0.717, 1.165) is 5.92 Å². The van der Waals surface area contributed by atoms with Gasteiger partial charge < -0.3 is 0 Å². The van der Waals surface area contributed by atoms with Gasteiger partial charge in [-0.1, -0.05) is 75.8 Å². The Hall–Kier alpha value is -0.780. The van der Waals surface area contributed by atoms with Crippen LogP contribution in [0.15, 0.2) is 24.3 Å². The van der Waals surface area contributed by atoms with E-state index in [0.29, 0.717) is 0 Å². The monoisotopic (exact) mass is 232 g/mol. The van der Waals surface area contributed by atoms with E-state index in [1.807, 2.05) is 0 Å². The number of hydrogen-bond donors (Lipinski definition) is 0. The molecular weight excluding hydrogens is 204 g/mol. The summed E-state index contributed by atoms with van der Waals surface area (Å²) >= 11 is 0. The van der Waals surface area contributed by atoms with E-state index in [-0.39, 0.29) is 0 Å². The molecule has 0 heterocycles. The highest BCUT2D eigenvalue weighted by Gasteiger charge is 2.06. The van der Waals surface area contributed by atoms with Crippen molar-refractivity contribution in [3.63, 3.8) is 0 Å². The summed E-state index contributed by atoms with van der Waals surface area (Å²) in [5, 5.41) is 0. The number of rotatable bonds is 8. The predicted octanol–water partition coefficient (Wildman–Crippen LogP) is 5.53. The summed E-state index contributed by atoms with van der Waals surface area (Å²) < 4.78 is 0. The molecule has 0 aliphatic rings. The SMILES string of the molecule is CCCC(CCC)CCCc1ccc(C)cc1. The fraction of sp³-hybridized carbons (Fsp3) is 0.647. The van der Waals surface area contributed by atoms with Crippen LogP contribution in [-0.4, -0.2) is 0 Å². The van der Waals surface area contributed by atoms with Crippen LogP contribution < -0.4 is 0 Å². The smallest absolute Gasteiger partial charge is 0.0279 e. The largest absolute Gasteiger partial charge is 0.0654 e. The topological polar surface area (TPSA) is 0 Å². The highest BCUT2D eigenvalue weighted by atomic mass is 14.1. The van der Waals surface area contributed by atoms with Gasteiger partial charge in [-0.25, -0.2) is 0 Å². The van der Waals surface area contributed by atoms with Crippen molar-refractivity contribution < 1.29 is 0 Å². The molecular formula is C17H28. The summed E-state index contributed by atoms with van der Waals surface area (Å²) in [6.07, 6.45) is 9.54. The van der Waals surface area contributed by atoms with Gasteiger partial charge in [-0.15, -0.1) is 0 Å². The molecule has 0 radical (unpaired) electrons. The third kappa shape index (κ3) is 5.91. The highest BCUT2D eigenvalue weighted by molar-refractivity contribution is 5.21. The molecule has 0 amide bonds. The first-order valence-corrected chi connectivity index (χ1v) is 7.31. The predicted molar refractivity (Wildman–Crippen MR) is 77.4 cm³/mol. The van der Waals surface area contributed by atoms with Crippen LogP contribution in [0.3, 0.4) is 0 Å². The maximum Gasteiger partial charge on any atom is -0.0279 e. The Morgan fingerprint density at radius 3 is 2.00 bits per heavy atom. The fourth-order valence-corrected chi connectivity index (χ4v) is 2.60. The average molecular weight is 232 g/mol. The lowest BCUT2D eigenvalue weighted by Crippen LogP contribution is -2.00. The average Bonchev–Trinajstić information content (AvgIpc) is 2.32. The van der Waals surface area contributed by atoms with Gasteiger partial charge in [-0.3, -0.25) is 0 Å². The van der Waals surface area contributed by atoms with E-state index in [9.17, 15) is 0 Å². The Balaban J connectivity index is 2.27. The molecule has 0 saturated heterocycles. The zero-order valence-corrected chi connectivity index (χ0v) is 11.8. The van der Waals surface area contributed by atoms with Crippen LogP contribution in [-0.2, 0) is 6.42 Å². The molecule has 0 bridgehead atoms. The maximum atomic E-state index is 2.31. The second-order valence-corrected chi connectivity index (χ2v) is 5.32. The Bertz CT molecular complexity index is 277. The Morgan fingerprint density at radius 1 is 0.882 bits per heavy atom. The van der Waals surface area contributed by atoms with E-state index in [1.54, 1.807) is 0 Å². The third-order valence-corrected chi connectivity index (χ3v) is 3.59. The molecule has 1 aromatic carbocycles. The standard InChI is InChI=1S/C17H28/c1-4-7-16(8-5-2)9-6-10-17-13-11-15(3)12-14-17/h11-14,16H,4-10H2,1-3H3. The van der Waals surface area contributed by atoms with Crippen molar-refractivity contribution >= 4 is 0 Å². The lowest BCUT2D eigenvalue weighted by atomic mass is 9.92. The van der Waals surface area contributed by atoms with Gasteiger partial charge in [0.05, 0.1) is 0 Å². The van der Waals surface area contributed by atoms with Crippen LogP contribution in [0.4, 0.5) is 0 Å². The van der Waals surface area contributed by atoms with Crippen molar-refractivity contribution in [2.24, 2.45) is 5.92 Å². The first-order chi connectivity index (χ1) is 8.26. The van der Waals surface area contributed by atoms with Gasteiger partial charge in [0.1, 0.15) is 0 Å². The van der Waals surface area contributed by atoms with E-state index in [2.05, 4.69) is 45.0 Å². The van der Waals surface area contributed by atoms with Gasteiger partial charge in [-0.2, -0.15) is 0 Å².